The summed E-state index contributed by atoms with van der Waals surface area (Å²) >= 11 is 0. The van der Waals surface area contributed by atoms with Crippen molar-refractivity contribution in [3.05, 3.63) is 90.5 Å². The third-order valence-corrected chi connectivity index (χ3v) is 8.13. The number of carbonyl (C=O) groups excluding carboxylic acids is 2. The second-order valence-electron chi connectivity index (χ2n) is 10.4. The van der Waals surface area contributed by atoms with Gasteiger partial charge in [-0.15, -0.1) is 0 Å². The van der Waals surface area contributed by atoms with E-state index in [4.69, 9.17) is 0 Å². The molecular weight excluding hydrogens is 472 g/mol. The van der Waals surface area contributed by atoms with Gasteiger partial charge in [-0.2, -0.15) is 5.26 Å². The first-order valence-electron chi connectivity index (χ1n) is 13.6. The quantitative estimate of drug-likeness (QED) is 0.413. The van der Waals surface area contributed by atoms with Gasteiger partial charge in [-0.05, 0) is 55.5 Å². The maximum absolute atomic E-state index is 13.7. The fourth-order valence-corrected chi connectivity index (χ4v) is 5.91. The van der Waals surface area contributed by atoms with Crippen molar-refractivity contribution in [3.63, 3.8) is 0 Å². The summed E-state index contributed by atoms with van der Waals surface area (Å²) in [5, 5.41) is 16.5. The van der Waals surface area contributed by atoms with Crippen molar-refractivity contribution in [1.29, 1.82) is 5.26 Å². The Kier molecular flexibility index (Phi) is 7.74. The highest BCUT2D eigenvalue weighted by molar-refractivity contribution is 5.99. The summed E-state index contributed by atoms with van der Waals surface area (Å²) in [5.74, 6) is -0.736. The van der Waals surface area contributed by atoms with E-state index in [1.165, 1.54) is 0 Å². The summed E-state index contributed by atoms with van der Waals surface area (Å²) in [4.78, 5) is 29.2. The van der Waals surface area contributed by atoms with Crippen LogP contribution in [0, 0.1) is 23.2 Å². The Morgan fingerprint density at radius 2 is 1.37 bits per heavy atom. The number of nitrogens with one attached hydrogen (secondary N) is 2. The lowest BCUT2D eigenvalue weighted by atomic mass is 9.73. The van der Waals surface area contributed by atoms with E-state index in [9.17, 15) is 14.9 Å². The predicted octanol–water partition coefficient (Wildman–Crippen LogP) is 6.26. The Hall–Kier alpha value is -4.11. The lowest BCUT2D eigenvalue weighted by Gasteiger charge is -2.40. The summed E-state index contributed by atoms with van der Waals surface area (Å²) in [6.07, 6.45) is 4.54. The number of amides is 2. The van der Waals surface area contributed by atoms with Crippen LogP contribution < -0.4 is 10.6 Å². The molecule has 1 aliphatic heterocycles. The van der Waals surface area contributed by atoms with Crippen molar-refractivity contribution in [3.8, 4) is 6.07 Å². The molecule has 3 aromatic carbocycles. The largest absolute Gasteiger partial charge is 0.354 e. The number of piperidine rings is 1. The van der Waals surface area contributed by atoms with Crippen molar-refractivity contribution < 1.29 is 9.59 Å². The first kappa shape index (κ1) is 25.5. The van der Waals surface area contributed by atoms with E-state index >= 15 is 0 Å². The van der Waals surface area contributed by atoms with Gasteiger partial charge in [0.05, 0.1) is 22.9 Å². The van der Waals surface area contributed by atoms with Crippen LogP contribution in [0.2, 0.25) is 0 Å². The number of hydrogen-bond acceptors (Lipinski definition) is 4. The van der Waals surface area contributed by atoms with Crippen LogP contribution in [0.3, 0.4) is 0 Å². The average Bonchev–Trinajstić information content (AvgIpc) is 2.99. The topological polar surface area (TPSA) is 85.2 Å². The van der Waals surface area contributed by atoms with Gasteiger partial charge in [-0.3, -0.25) is 9.59 Å². The molecule has 38 heavy (non-hydrogen) atoms. The van der Waals surface area contributed by atoms with Gasteiger partial charge < -0.3 is 15.5 Å². The standard InChI is InChI=1S/C32H34N4O2/c33-23-32(24-11-3-1-4-12-24)19-21-36(22-20-32)31(38)27-16-8-7-15-26(27)30(37)35-29-18-10-9-17-28(29)34-25-13-5-2-6-14-25/h1-6,9-14,17-18,26-27,34H,7-8,15-16,19-22H2,(H,35,37). The highest BCUT2D eigenvalue weighted by Gasteiger charge is 2.42. The van der Waals surface area contributed by atoms with Crippen LogP contribution in [0.5, 0.6) is 0 Å². The number of benzene rings is 3. The van der Waals surface area contributed by atoms with E-state index in [1.807, 2.05) is 89.8 Å². The van der Waals surface area contributed by atoms with Crippen LogP contribution in [0.15, 0.2) is 84.9 Å². The molecule has 1 saturated heterocycles. The molecule has 0 aromatic heterocycles. The second kappa shape index (κ2) is 11.5. The molecule has 6 nitrogen and oxygen atoms in total. The number of likely N-dealkylation sites (tertiary alicyclic amines) is 1. The molecule has 0 radical (unpaired) electrons. The maximum atomic E-state index is 13.7. The highest BCUT2D eigenvalue weighted by Crippen LogP contribution is 2.38. The van der Waals surface area contributed by atoms with E-state index in [-0.39, 0.29) is 23.7 Å². The first-order valence-corrected chi connectivity index (χ1v) is 13.6. The fraction of sp³-hybridized carbons (Fsp3) is 0.344. The zero-order valence-corrected chi connectivity index (χ0v) is 21.6. The van der Waals surface area contributed by atoms with E-state index in [1.54, 1.807) is 0 Å². The number of nitriles is 1. The van der Waals surface area contributed by atoms with Crippen molar-refractivity contribution in [1.82, 2.24) is 4.90 Å². The van der Waals surface area contributed by atoms with Gasteiger partial charge in [-0.25, -0.2) is 0 Å². The first-order chi connectivity index (χ1) is 18.6. The summed E-state index contributed by atoms with van der Waals surface area (Å²) in [6, 6.07) is 29.9. The number of carbonyl (C=O) groups is 2. The predicted molar refractivity (Wildman–Crippen MR) is 150 cm³/mol. The Morgan fingerprint density at radius 3 is 2.03 bits per heavy atom. The SMILES string of the molecule is N#CC1(c2ccccc2)CCN(C(=O)C2CCCCC2C(=O)Nc2ccccc2Nc2ccccc2)CC1. The normalized spacial score (nSPS) is 20.7. The lowest BCUT2D eigenvalue weighted by Crippen LogP contribution is -2.49. The fourth-order valence-electron chi connectivity index (χ4n) is 5.91. The molecule has 1 aliphatic carbocycles. The number of anilines is 3. The van der Waals surface area contributed by atoms with E-state index in [2.05, 4.69) is 16.7 Å². The molecule has 6 heteroatoms. The van der Waals surface area contributed by atoms with Gasteiger partial charge in [0.15, 0.2) is 0 Å². The van der Waals surface area contributed by atoms with E-state index in [0.717, 1.165) is 36.2 Å². The average molecular weight is 507 g/mol. The van der Waals surface area contributed by atoms with Gasteiger partial charge in [0.1, 0.15) is 0 Å². The number of rotatable bonds is 6. The van der Waals surface area contributed by atoms with Crippen LogP contribution in [-0.2, 0) is 15.0 Å². The van der Waals surface area contributed by atoms with E-state index < -0.39 is 5.41 Å². The van der Waals surface area contributed by atoms with Crippen LogP contribution >= 0.6 is 0 Å². The smallest absolute Gasteiger partial charge is 0.228 e. The van der Waals surface area contributed by atoms with Gasteiger partial charge in [0.25, 0.3) is 0 Å². The molecule has 5 rings (SSSR count). The number of para-hydroxylation sites is 3. The molecule has 2 N–H and O–H groups in total. The third kappa shape index (κ3) is 5.43. The zero-order valence-electron chi connectivity index (χ0n) is 21.6. The molecule has 2 aliphatic rings. The highest BCUT2D eigenvalue weighted by atomic mass is 16.2. The Balaban J connectivity index is 1.27. The molecule has 2 atom stereocenters. The van der Waals surface area contributed by atoms with Gasteiger partial charge >= 0.3 is 0 Å². The zero-order chi connectivity index (χ0) is 26.4. The van der Waals surface area contributed by atoms with Crippen molar-refractivity contribution >= 4 is 28.9 Å². The van der Waals surface area contributed by atoms with Crippen molar-refractivity contribution in [2.75, 3.05) is 23.7 Å². The molecule has 2 fully saturated rings. The molecule has 0 bridgehead atoms. The summed E-state index contributed by atoms with van der Waals surface area (Å²) in [6.45, 7) is 1.08. The number of hydrogen-bond donors (Lipinski definition) is 2. The van der Waals surface area contributed by atoms with Gasteiger partial charge in [0, 0.05) is 30.6 Å². The lowest BCUT2D eigenvalue weighted by molar-refractivity contribution is -0.143. The van der Waals surface area contributed by atoms with Crippen LogP contribution in [0.1, 0.15) is 44.1 Å². The molecule has 3 aromatic rings. The Bertz CT molecular complexity index is 1290. The molecular formula is C32H34N4O2. The van der Waals surface area contributed by atoms with Gasteiger partial charge in [0.2, 0.25) is 11.8 Å². The third-order valence-electron chi connectivity index (χ3n) is 8.13. The van der Waals surface area contributed by atoms with Crippen molar-refractivity contribution in [2.24, 2.45) is 11.8 Å². The minimum Gasteiger partial charge on any atom is -0.354 e. The monoisotopic (exact) mass is 506 g/mol. The molecule has 2 unspecified atom stereocenters. The molecule has 2 amide bonds. The van der Waals surface area contributed by atoms with Crippen molar-refractivity contribution in [2.45, 2.75) is 43.9 Å². The Morgan fingerprint density at radius 1 is 0.789 bits per heavy atom. The second-order valence-corrected chi connectivity index (χ2v) is 10.4. The number of nitrogens with zero attached hydrogens (tertiary/aromatic N) is 2. The van der Waals surface area contributed by atoms with Gasteiger partial charge in [-0.1, -0.05) is 73.5 Å². The maximum Gasteiger partial charge on any atom is 0.228 e. The minimum absolute atomic E-state index is 0.0557. The summed E-state index contributed by atoms with van der Waals surface area (Å²) in [5.41, 5.74) is 2.92. The van der Waals surface area contributed by atoms with Crippen LogP contribution in [0.25, 0.3) is 0 Å². The Labute approximate surface area is 224 Å². The minimum atomic E-state index is -0.559. The van der Waals surface area contributed by atoms with E-state index in [0.29, 0.717) is 38.0 Å². The molecule has 194 valence electrons. The molecule has 1 saturated carbocycles. The molecule has 1 heterocycles. The summed E-state index contributed by atoms with van der Waals surface area (Å²) in [7, 11) is 0. The molecule has 0 spiro atoms. The van der Waals surface area contributed by atoms with Crippen LogP contribution in [0.4, 0.5) is 17.1 Å². The van der Waals surface area contributed by atoms with Crippen LogP contribution in [-0.4, -0.2) is 29.8 Å². The summed E-state index contributed by atoms with van der Waals surface area (Å²) < 4.78 is 0.